The lowest BCUT2D eigenvalue weighted by Gasteiger charge is -2.26. The molecular formula is C11H11ClN2O3. The topological polar surface area (TPSA) is 60.2 Å². The monoisotopic (exact) mass is 254 g/mol. The molecule has 1 amide bonds. The highest BCUT2D eigenvalue weighted by molar-refractivity contribution is 6.68. The molecule has 90 valence electrons. The highest BCUT2D eigenvalue weighted by atomic mass is 35.5. The van der Waals surface area contributed by atoms with Crippen molar-refractivity contribution in [3.05, 3.63) is 23.0 Å². The van der Waals surface area contributed by atoms with E-state index in [2.05, 4.69) is 9.98 Å². The molecule has 0 aromatic rings. The fraction of sp³-hybridized carbons (Fsp3) is 0.364. The van der Waals surface area contributed by atoms with E-state index in [0.717, 1.165) is 5.57 Å². The Kier molecular flexibility index (Phi) is 3.13. The number of halogens is 1. The molecule has 17 heavy (non-hydrogen) atoms. The van der Waals surface area contributed by atoms with Gasteiger partial charge in [-0.05, 0) is 24.1 Å². The number of carbonyl (C=O) groups excluding carboxylic acids is 1. The Morgan fingerprint density at radius 1 is 1.35 bits per heavy atom. The quantitative estimate of drug-likeness (QED) is 0.701. The van der Waals surface area contributed by atoms with Crippen LogP contribution in [0.1, 0.15) is 6.92 Å². The average Bonchev–Trinajstić information content (AvgIpc) is 2.27. The van der Waals surface area contributed by atoms with E-state index in [4.69, 9.17) is 21.1 Å². The minimum absolute atomic E-state index is 0.0656. The molecule has 1 heterocycles. The van der Waals surface area contributed by atoms with Crippen molar-refractivity contribution in [1.29, 1.82) is 0 Å². The van der Waals surface area contributed by atoms with Gasteiger partial charge >= 0.3 is 0 Å². The van der Waals surface area contributed by atoms with Gasteiger partial charge in [-0.1, -0.05) is 0 Å². The number of hydrogen-bond donors (Lipinski definition) is 0. The van der Waals surface area contributed by atoms with Crippen molar-refractivity contribution in [2.75, 3.05) is 14.2 Å². The third-order valence-electron chi connectivity index (χ3n) is 2.67. The van der Waals surface area contributed by atoms with Crippen LogP contribution in [-0.2, 0) is 14.3 Å². The Bertz CT molecular complexity index is 503. The van der Waals surface area contributed by atoms with Gasteiger partial charge in [-0.2, -0.15) is 4.99 Å². The van der Waals surface area contributed by atoms with Crippen LogP contribution in [0.2, 0.25) is 0 Å². The van der Waals surface area contributed by atoms with Crippen molar-refractivity contribution in [3.63, 3.8) is 0 Å². The lowest BCUT2D eigenvalue weighted by molar-refractivity contribution is -0.114. The van der Waals surface area contributed by atoms with Gasteiger partial charge in [0.05, 0.1) is 18.4 Å². The molecule has 6 heteroatoms. The number of amides is 1. The predicted molar refractivity (Wildman–Crippen MR) is 64.3 cm³/mol. The number of hydrogen-bond acceptors (Lipinski definition) is 4. The Morgan fingerprint density at radius 3 is 2.65 bits per heavy atom. The third-order valence-corrected chi connectivity index (χ3v) is 2.84. The van der Waals surface area contributed by atoms with E-state index < -0.39 is 5.91 Å². The Balaban J connectivity index is 2.57. The highest BCUT2D eigenvalue weighted by Gasteiger charge is 2.32. The number of ether oxygens (including phenoxy) is 2. The number of allylic oxidation sites excluding steroid dienone is 1. The van der Waals surface area contributed by atoms with Gasteiger partial charge in [0.2, 0.25) is 5.29 Å². The molecule has 0 saturated heterocycles. The zero-order chi connectivity index (χ0) is 12.6. The number of methoxy groups -OCH3 is 2. The summed E-state index contributed by atoms with van der Waals surface area (Å²) in [4.78, 5) is 19.4. The SMILES string of the molecule is COC1=CC2=NC(Cl)=NC(=O)C2=C(C)C1OC. The second kappa shape index (κ2) is 4.43. The summed E-state index contributed by atoms with van der Waals surface area (Å²) in [5.41, 5.74) is 1.63. The van der Waals surface area contributed by atoms with Crippen LogP contribution < -0.4 is 0 Å². The van der Waals surface area contributed by atoms with Crippen LogP contribution in [0.15, 0.2) is 33.0 Å². The van der Waals surface area contributed by atoms with Crippen molar-refractivity contribution in [2.24, 2.45) is 9.98 Å². The van der Waals surface area contributed by atoms with Crippen molar-refractivity contribution in [3.8, 4) is 0 Å². The van der Waals surface area contributed by atoms with Crippen LogP contribution in [0.4, 0.5) is 0 Å². The highest BCUT2D eigenvalue weighted by Crippen LogP contribution is 2.28. The lowest BCUT2D eigenvalue weighted by atomic mass is 9.92. The largest absolute Gasteiger partial charge is 0.498 e. The first kappa shape index (κ1) is 12.0. The number of fused-ring (bicyclic) bond motifs is 1. The van der Waals surface area contributed by atoms with Crippen molar-refractivity contribution in [1.82, 2.24) is 0 Å². The maximum atomic E-state index is 11.8. The molecule has 1 aliphatic heterocycles. The van der Waals surface area contributed by atoms with Crippen molar-refractivity contribution in [2.45, 2.75) is 13.0 Å². The van der Waals surface area contributed by atoms with Gasteiger partial charge in [0.15, 0.2) is 0 Å². The summed E-state index contributed by atoms with van der Waals surface area (Å²) in [7, 11) is 3.09. The fourth-order valence-electron chi connectivity index (χ4n) is 1.92. The smallest absolute Gasteiger partial charge is 0.282 e. The van der Waals surface area contributed by atoms with Gasteiger partial charge < -0.3 is 9.47 Å². The molecule has 5 nitrogen and oxygen atoms in total. The Labute approximate surface area is 103 Å². The zero-order valence-corrected chi connectivity index (χ0v) is 10.4. The second-order valence-corrected chi connectivity index (χ2v) is 3.95. The van der Waals surface area contributed by atoms with Gasteiger partial charge in [-0.3, -0.25) is 4.79 Å². The van der Waals surface area contributed by atoms with E-state index >= 15 is 0 Å². The van der Waals surface area contributed by atoms with Crippen LogP contribution in [0.5, 0.6) is 0 Å². The molecule has 0 bridgehead atoms. The van der Waals surface area contributed by atoms with E-state index in [1.165, 1.54) is 7.11 Å². The molecule has 2 aliphatic rings. The van der Waals surface area contributed by atoms with E-state index in [1.54, 1.807) is 20.1 Å². The Morgan fingerprint density at radius 2 is 2.06 bits per heavy atom. The predicted octanol–water partition coefficient (Wildman–Crippen LogP) is 1.44. The molecule has 0 saturated carbocycles. The first-order chi connectivity index (χ1) is 8.08. The molecule has 1 atom stereocenters. The summed E-state index contributed by atoms with van der Waals surface area (Å²) >= 11 is 5.66. The van der Waals surface area contributed by atoms with E-state index in [9.17, 15) is 4.79 Å². The molecule has 0 radical (unpaired) electrons. The van der Waals surface area contributed by atoms with Gasteiger partial charge in [0.1, 0.15) is 11.9 Å². The zero-order valence-electron chi connectivity index (χ0n) is 9.65. The van der Waals surface area contributed by atoms with Crippen molar-refractivity contribution >= 4 is 28.5 Å². The lowest BCUT2D eigenvalue weighted by Crippen LogP contribution is -2.30. The Hall–Kier alpha value is -1.46. The third kappa shape index (κ3) is 1.92. The van der Waals surface area contributed by atoms with E-state index in [-0.39, 0.29) is 11.4 Å². The van der Waals surface area contributed by atoms with Gasteiger partial charge in [0, 0.05) is 13.2 Å². The maximum Gasteiger partial charge on any atom is 0.282 e. The number of rotatable bonds is 2. The molecule has 0 N–H and O–H groups in total. The first-order valence-corrected chi connectivity index (χ1v) is 5.33. The van der Waals surface area contributed by atoms with Crippen LogP contribution in [0.3, 0.4) is 0 Å². The number of nitrogens with zero attached hydrogens (tertiary/aromatic N) is 2. The molecule has 0 aromatic heterocycles. The molecule has 1 aliphatic carbocycles. The van der Waals surface area contributed by atoms with E-state index in [0.29, 0.717) is 17.0 Å². The minimum atomic E-state index is -0.397. The standard InChI is InChI=1S/C11H11ClN2O3/c1-5-8-6(13-11(12)14-10(8)15)4-7(16-2)9(5)17-3/h4,9H,1-3H3. The molecule has 0 fully saturated rings. The summed E-state index contributed by atoms with van der Waals surface area (Å²) < 4.78 is 10.5. The molecule has 0 aromatic carbocycles. The molecule has 0 spiro atoms. The molecule has 1 unspecified atom stereocenters. The van der Waals surface area contributed by atoms with Crippen LogP contribution in [0, 0.1) is 0 Å². The van der Waals surface area contributed by atoms with Crippen LogP contribution in [-0.4, -0.2) is 37.2 Å². The van der Waals surface area contributed by atoms with Crippen LogP contribution in [0.25, 0.3) is 0 Å². The molecule has 2 rings (SSSR count). The minimum Gasteiger partial charge on any atom is -0.498 e. The van der Waals surface area contributed by atoms with Crippen LogP contribution >= 0.6 is 11.6 Å². The van der Waals surface area contributed by atoms with Gasteiger partial charge in [0.25, 0.3) is 5.91 Å². The summed E-state index contributed by atoms with van der Waals surface area (Å²) in [6, 6.07) is 0. The normalized spacial score (nSPS) is 23.9. The number of aliphatic imine (C=N–C) groups is 2. The summed E-state index contributed by atoms with van der Waals surface area (Å²) in [5, 5.41) is -0.0656. The average molecular weight is 255 g/mol. The van der Waals surface area contributed by atoms with Gasteiger partial charge in [-0.25, -0.2) is 4.99 Å². The fourth-order valence-corrected chi connectivity index (χ4v) is 2.09. The molecular weight excluding hydrogens is 244 g/mol. The number of carbonyl (C=O) groups is 1. The van der Waals surface area contributed by atoms with E-state index in [1.807, 2.05) is 0 Å². The van der Waals surface area contributed by atoms with Gasteiger partial charge in [-0.15, -0.1) is 0 Å². The van der Waals surface area contributed by atoms with Crippen molar-refractivity contribution < 1.29 is 14.3 Å². The summed E-state index contributed by atoms with van der Waals surface area (Å²) in [5.74, 6) is 0.192. The maximum absolute atomic E-state index is 11.8. The number of amidine groups is 1. The first-order valence-electron chi connectivity index (χ1n) is 4.95. The summed E-state index contributed by atoms with van der Waals surface area (Å²) in [6.07, 6.45) is 1.26. The second-order valence-electron chi connectivity index (χ2n) is 3.61. The summed E-state index contributed by atoms with van der Waals surface area (Å²) in [6.45, 7) is 1.79.